The third kappa shape index (κ3) is 4.49. The second kappa shape index (κ2) is 9.94. The summed E-state index contributed by atoms with van der Waals surface area (Å²) in [5.41, 5.74) is 6.34. The van der Waals surface area contributed by atoms with Gasteiger partial charge in [-0.1, -0.05) is 23.7 Å². The van der Waals surface area contributed by atoms with Crippen molar-refractivity contribution in [2.45, 2.75) is 39.8 Å². The summed E-state index contributed by atoms with van der Waals surface area (Å²) in [6.45, 7) is 6.48. The van der Waals surface area contributed by atoms with Gasteiger partial charge in [-0.05, 0) is 61.8 Å². The molecule has 1 atom stereocenters. The lowest BCUT2D eigenvalue weighted by molar-refractivity contribution is -0.116. The molecule has 0 saturated heterocycles. The molecule has 1 N–H and O–H groups in total. The van der Waals surface area contributed by atoms with Gasteiger partial charge in [0.1, 0.15) is 30.6 Å². The van der Waals surface area contributed by atoms with E-state index in [0.29, 0.717) is 29.0 Å². The number of hydrogen-bond acceptors (Lipinski definition) is 8. The van der Waals surface area contributed by atoms with Gasteiger partial charge in [0.25, 0.3) is 5.90 Å². The second-order valence-electron chi connectivity index (χ2n) is 9.40. The zero-order valence-electron chi connectivity index (χ0n) is 21.8. The number of amides is 1. The summed E-state index contributed by atoms with van der Waals surface area (Å²) in [5.74, 6) is 1.63. The zero-order valence-corrected chi connectivity index (χ0v) is 23.4. The number of carbonyl (C=O) groups is 1. The highest BCUT2D eigenvalue weighted by Crippen LogP contribution is 2.39. The van der Waals surface area contributed by atoms with Crippen LogP contribution in [-0.4, -0.2) is 39.4 Å². The van der Waals surface area contributed by atoms with Gasteiger partial charge in [-0.15, -0.1) is 21.5 Å². The first-order chi connectivity index (χ1) is 18.8. The standard InChI is InChI=1S/C28H25ClN6O3S/c1-14-15(2)39-28-24(14)25(17-5-7-19(29)8-6-17)31-22(26-33-32-16(3)35(26)28)12-23(36)30-20-9-10-21-18(11-20)13-38-27(21)34-37-4/h5-11,22H,12-13H2,1-4H3,(H,30,36)/b34-27-/t22-/m0/s1. The van der Waals surface area contributed by atoms with Crippen molar-refractivity contribution in [2.24, 2.45) is 10.1 Å². The summed E-state index contributed by atoms with van der Waals surface area (Å²) in [4.78, 5) is 24.6. The number of aromatic nitrogens is 3. The summed E-state index contributed by atoms with van der Waals surface area (Å²) in [6, 6.07) is 12.6. The SMILES string of the molecule is CO/N=C1\OCc2cc(NC(=O)C[C@@H]3N=C(c4ccc(Cl)cc4)c4c(sc(C)c4C)-n4c(C)nnc43)ccc21. The molecular formula is C28H25ClN6O3S. The van der Waals surface area contributed by atoms with Crippen molar-refractivity contribution in [1.82, 2.24) is 14.8 Å². The number of aliphatic imine (C=N–C) groups is 1. The Labute approximate surface area is 234 Å². The molecular weight excluding hydrogens is 536 g/mol. The van der Waals surface area contributed by atoms with Crippen molar-refractivity contribution in [3.05, 3.63) is 91.8 Å². The predicted octanol–water partition coefficient (Wildman–Crippen LogP) is 5.67. The van der Waals surface area contributed by atoms with Crippen molar-refractivity contribution < 1.29 is 14.4 Å². The van der Waals surface area contributed by atoms with Crippen LogP contribution < -0.4 is 5.32 Å². The number of ether oxygens (including phenoxy) is 1. The number of oxime groups is 1. The molecule has 0 radical (unpaired) electrons. The monoisotopic (exact) mass is 560 g/mol. The van der Waals surface area contributed by atoms with Gasteiger partial charge in [0.15, 0.2) is 5.82 Å². The molecule has 2 aliphatic rings. The van der Waals surface area contributed by atoms with Crippen molar-refractivity contribution in [2.75, 3.05) is 12.4 Å². The average molecular weight is 561 g/mol. The van der Waals surface area contributed by atoms with Crippen LogP contribution in [0.4, 0.5) is 5.69 Å². The van der Waals surface area contributed by atoms with Crippen LogP contribution in [0.5, 0.6) is 0 Å². The van der Waals surface area contributed by atoms with Crippen LogP contribution in [0, 0.1) is 20.8 Å². The fourth-order valence-corrected chi connectivity index (χ4v) is 6.24. The highest BCUT2D eigenvalue weighted by Gasteiger charge is 2.32. The van der Waals surface area contributed by atoms with Gasteiger partial charge in [-0.2, -0.15) is 0 Å². The van der Waals surface area contributed by atoms with E-state index in [1.165, 1.54) is 12.0 Å². The van der Waals surface area contributed by atoms with Gasteiger partial charge in [0.2, 0.25) is 5.91 Å². The quantitative estimate of drug-likeness (QED) is 0.317. The molecule has 0 spiro atoms. The minimum Gasteiger partial charge on any atom is -0.470 e. The molecule has 2 aromatic heterocycles. The van der Waals surface area contributed by atoms with Crippen molar-refractivity contribution in [3.8, 4) is 5.00 Å². The number of benzene rings is 2. The Morgan fingerprint density at radius 1 is 1.21 bits per heavy atom. The Morgan fingerprint density at radius 3 is 2.77 bits per heavy atom. The summed E-state index contributed by atoms with van der Waals surface area (Å²) in [6.07, 6.45) is 0.0894. The van der Waals surface area contributed by atoms with E-state index in [0.717, 1.165) is 44.4 Å². The summed E-state index contributed by atoms with van der Waals surface area (Å²) < 4.78 is 7.61. The smallest absolute Gasteiger partial charge is 0.258 e. The van der Waals surface area contributed by atoms with Crippen LogP contribution in [0.2, 0.25) is 5.02 Å². The Hall–Kier alpha value is -4.02. The highest BCUT2D eigenvalue weighted by atomic mass is 35.5. The minimum atomic E-state index is -0.547. The molecule has 11 heteroatoms. The average Bonchev–Trinajstić information content (AvgIpc) is 3.55. The zero-order chi connectivity index (χ0) is 27.3. The fraction of sp³-hybridized carbons (Fsp3) is 0.250. The van der Waals surface area contributed by atoms with Gasteiger partial charge in [0, 0.05) is 37.8 Å². The van der Waals surface area contributed by atoms with Gasteiger partial charge >= 0.3 is 0 Å². The number of aryl methyl sites for hydroxylation is 2. The van der Waals surface area contributed by atoms with Gasteiger partial charge in [-0.25, -0.2) is 0 Å². The molecule has 4 heterocycles. The maximum Gasteiger partial charge on any atom is 0.258 e. The summed E-state index contributed by atoms with van der Waals surface area (Å²) in [7, 11) is 1.47. The Bertz CT molecular complexity index is 1670. The van der Waals surface area contributed by atoms with Crippen LogP contribution in [0.25, 0.3) is 5.00 Å². The predicted molar refractivity (Wildman–Crippen MR) is 151 cm³/mol. The van der Waals surface area contributed by atoms with E-state index in [9.17, 15) is 4.79 Å². The van der Waals surface area contributed by atoms with E-state index >= 15 is 0 Å². The number of carbonyl (C=O) groups excluding carboxylic acids is 1. The number of fused-ring (bicyclic) bond motifs is 4. The van der Waals surface area contributed by atoms with Crippen LogP contribution >= 0.6 is 22.9 Å². The Morgan fingerprint density at radius 2 is 2.00 bits per heavy atom. The first-order valence-corrected chi connectivity index (χ1v) is 13.6. The van der Waals surface area contributed by atoms with Crippen LogP contribution in [-0.2, 0) is 21.0 Å². The second-order valence-corrected chi connectivity index (χ2v) is 11.0. The molecule has 2 aliphatic heterocycles. The molecule has 39 heavy (non-hydrogen) atoms. The molecule has 1 amide bonds. The molecule has 4 aromatic rings. The molecule has 0 saturated carbocycles. The molecule has 0 bridgehead atoms. The van der Waals surface area contributed by atoms with Gasteiger partial charge in [0.05, 0.1) is 12.1 Å². The molecule has 198 valence electrons. The Kier molecular flexibility index (Phi) is 6.44. The molecule has 0 aliphatic carbocycles. The lowest BCUT2D eigenvalue weighted by atomic mass is 9.99. The van der Waals surface area contributed by atoms with Gasteiger partial charge in [-0.3, -0.25) is 14.4 Å². The molecule has 0 unspecified atom stereocenters. The van der Waals surface area contributed by atoms with Crippen molar-refractivity contribution >= 4 is 46.1 Å². The topological polar surface area (TPSA) is 103 Å². The number of nitrogens with one attached hydrogen (secondary N) is 1. The van der Waals surface area contributed by atoms with Crippen molar-refractivity contribution in [3.63, 3.8) is 0 Å². The minimum absolute atomic E-state index is 0.0894. The Balaban J connectivity index is 1.37. The lowest BCUT2D eigenvalue weighted by Crippen LogP contribution is -2.17. The number of nitrogens with zero attached hydrogens (tertiary/aromatic N) is 5. The first kappa shape index (κ1) is 25.3. The number of hydrogen-bond donors (Lipinski definition) is 1. The van der Waals surface area contributed by atoms with E-state index in [4.69, 9.17) is 26.2 Å². The third-order valence-corrected chi connectivity index (χ3v) is 8.34. The third-order valence-electron chi connectivity index (χ3n) is 6.89. The number of anilines is 1. The number of halogens is 1. The van der Waals surface area contributed by atoms with E-state index in [2.05, 4.69) is 34.5 Å². The van der Waals surface area contributed by atoms with Gasteiger partial charge < -0.3 is 14.9 Å². The van der Waals surface area contributed by atoms with E-state index < -0.39 is 6.04 Å². The normalized spacial score (nSPS) is 16.6. The maximum absolute atomic E-state index is 13.4. The van der Waals surface area contributed by atoms with Crippen LogP contribution in [0.1, 0.15) is 56.8 Å². The largest absolute Gasteiger partial charge is 0.470 e. The van der Waals surface area contributed by atoms with E-state index in [1.807, 2.05) is 54.0 Å². The van der Waals surface area contributed by atoms with Crippen LogP contribution in [0.15, 0.2) is 52.6 Å². The molecule has 0 fully saturated rings. The molecule has 6 rings (SSSR count). The lowest BCUT2D eigenvalue weighted by Gasteiger charge is -2.13. The summed E-state index contributed by atoms with van der Waals surface area (Å²) in [5, 5.41) is 17.4. The van der Waals surface area contributed by atoms with Crippen molar-refractivity contribution in [1.29, 1.82) is 0 Å². The summed E-state index contributed by atoms with van der Waals surface area (Å²) >= 11 is 7.87. The molecule has 2 aromatic carbocycles. The van der Waals surface area contributed by atoms with E-state index in [1.54, 1.807) is 11.3 Å². The maximum atomic E-state index is 13.4. The fourth-order valence-electron chi connectivity index (χ4n) is 4.90. The van der Waals surface area contributed by atoms with Crippen LogP contribution in [0.3, 0.4) is 0 Å². The number of rotatable bonds is 5. The number of thiophene rings is 1. The highest BCUT2D eigenvalue weighted by molar-refractivity contribution is 7.15. The van der Waals surface area contributed by atoms with E-state index in [-0.39, 0.29) is 12.3 Å². The first-order valence-electron chi connectivity index (χ1n) is 12.4. The molecule has 9 nitrogen and oxygen atoms in total.